The average Bonchev–Trinajstić information content (AvgIpc) is 3.13. The SMILES string of the molecule is CCN(CC)c1ccc(-c2nnc(SCCOc3ccc(OC)cc3)n2C)cc1. The van der Waals surface area contributed by atoms with Crippen molar-refractivity contribution < 1.29 is 9.47 Å². The van der Waals surface area contributed by atoms with Crippen LogP contribution in [0.25, 0.3) is 11.4 Å². The lowest BCUT2D eigenvalue weighted by Crippen LogP contribution is -2.21. The predicted molar refractivity (Wildman–Crippen MR) is 119 cm³/mol. The molecule has 0 saturated heterocycles. The van der Waals surface area contributed by atoms with Crippen LogP contribution in [0.2, 0.25) is 0 Å². The maximum absolute atomic E-state index is 5.78. The van der Waals surface area contributed by atoms with Crippen LogP contribution in [0.15, 0.2) is 53.7 Å². The fourth-order valence-electron chi connectivity index (χ4n) is 3.07. The van der Waals surface area contributed by atoms with Crippen molar-refractivity contribution in [3.05, 3.63) is 48.5 Å². The van der Waals surface area contributed by atoms with Gasteiger partial charge in [0, 0.05) is 37.1 Å². The third kappa shape index (κ3) is 5.23. The molecule has 7 heteroatoms. The lowest BCUT2D eigenvalue weighted by Gasteiger charge is -2.21. The van der Waals surface area contributed by atoms with Crippen molar-refractivity contribution in [3.8, 4) is 22.9 Å². The van der Waals surface area contributed by atoms with Gasteiger partial charge >= 0.3 is 0 Å². The van der Waals surface area contributed by atoms with Crippen molar-refractivity contribution in [1.82, 2.24) is 14.8 Å². The summed E-state index contributed by atoms with van der Waals surface area (Å²) >= 11 is 1.64. The van der Waals surface area contributed by atoms with Crippen LogP contribution in [0, 0.1) is 0 Å². The monoisotopic (exact) mass is 412 g/mol. The van der Waals surface area contributed by atoms with Gasteiger partial charge in [0.25, 0.3) is 0 Å². The Hall–Kier alpha value is -2.67. The standard InChI is InChI=1S/C22H28N4O2S/c1-5-26(6-2)18-9-7-17(8-10-18)21-23-24-22(25(21)3)29-16-15-28-20-13-11-19(27-4)12-14-20/h7-14H,5-6,15-16H2,1-4H3. The highest BCUT2D eigenvalue weighted by Crippen LogP contribution is 2.25. The summed E-state index contributed by atoms with van der Waals surface area (Å²) in [5.41, 5.74) is 2.29. The zero-order valence-corrected chi connectivity index (χ0v) is 18.3. The highest BCUT2D eigenvalue weighted by Gasteiger charge is 2.12. The number of nitrogens with zero attached hydrogens (tertiary/aromatic N) is 4. The molecule has 3 aromatic rings. The van der Waals surface area contributed by atoms with Crippen LogP contribution < -0.4 is 14.4 Å². The second-order valence-electron chi connectivity index (χ2n) is 6.46. The molecule has 0 spiro atoms. The molecule has 154 valence electrons. The smallest absolute Gasteiger partial charge is 0.191 e. The van der Waals surface area contributed by atoms with Gasteiger partial charge in [0.05, 0.1) is 13.7 Å². The lowest BCUT2D eigenvalue weighted by atomic mass is 10.2. The first-order chi connectivity index (χ1) is 14.2. The number of aromatic nitrogens is 3. The molecule has 0 aliphatic rings. The maximum atomic E-state index is 5.78. The van der Waals surface area contributed by atoms with Gasteiger partial charge in [-0.1, -0.05) is 11.8 Å². The summed E-state index contributed by atoms with van der Waals surface area (Å²) in [6.45, 7) is 6.93. The first-order valence-corrected chi connectivity index (χ1v) is 10.8. The van der Waals surface area contributed by atoms with E-state index in [-0.39, 0.29) is 0 Å². The molecular weight excluding hydrogens is 384 g/mol. The first kappa shape index (κ1) is 21.0. The van der Waals surface area contributed by atoms with E-state index in [4.69, 9.17) is 9.47 Å². The number of rotatable bonds is 10. The van der Waals surface area contributed by atoms with E-state index in [2.05, 4.69) is 53.2 Å². The molecule has 1 heterocycles. The maximum Gasteiger partial charge on any atom is 0.191 e. The van der Waals surface area contributed by atoms with Crippen LogP contribution in [-0.4, -0.2) is 47.3 Å². The Kier molecular flexibility index (Phi) is 7.41. The largest absolute Gasteiger partial charge is 0.497 e. The Balaban J connectivity index is 1.56. The van der Waals surface area contributed by atoms with Crippen molar-refractivity contribution in [2.75, 3.05) is 37.5 Å². The Labute approximate surface area is 176 Å². The second kappa shape index (κ2) is 10.2. The van der Waals surface area contributed by atoms with E-state index in [0.29, 0.717) is 6.61 Å². The van der Waals surface area contributed by atoms with Gasteiger partial charge < -0.3 is 18.9 Å². The molecule has 0 aliphatic heterocycles. The fourth-order valence-corrected chi connectivity index (χ4v) is 3.79. The van der Waals surface area contributed by atoms with Gasteiger partial charge in [0.1, 0.15) is 11.5 Å². The van der Waals surface area contributed by atoms with Crippen LogP contribution in [-0.2, 0) is 7.05 Å². The molecule has 0 bridgehead atoms. The highest BCUT2D eigenvalue weighted by molar-refractivity contribution is 7.99. The van der Waals surface area contributed by atoms with Crippen molar-refractivity contribution in [3.63, 3.8) is 0 Å². The third-order valence-corrected chi connectivity index (χ3v) is 5.72. The van der Waals surface area contributed by atoms with E-state index in [1.807, 2.05) is 35.9 Å². The Morgan fingerprint density at radius 2 is 1.59 bits per heavy atom. The quantitative estimate of drug-likeness (QED) is 0.361. The van der Waals surface area contributed by atoms with E-state index < -0.39 is 0 Å². The summed E-state index contributed by atoms with van der Waals surface area (Å²) in [4.78, 5) is 2.32. The molecule has 0 amide bonds. The zero-order chi connectivity index (χ0) is 20.6. The molecule has 0 saturated carbocycles. The number of benzene rings is 2. The molecule has 0 aliphatic carbocycles. The van der Waals surface area contributed by atoms with Crippen molar-refractivity contribution in [2.45, 2.75) is 19.0 Å². The van der Waals surface area contributed by atoms with Crippen LogP contribution in [0.5, 0.6) is 11.5 Å². The molecule has 0 fully saturated rings. The molecule has 0 N–H and O–H groups in total. The van der Waals surface area contributed by atoms with E-state index >= 15 is 0 Å². The summed E-state index contributed by atoms with van der Waals surface area (Å²) < 4.78 is 13.0. The van der Waals surface area contributed by atoms with Gasteiger partial charge in [0.15, 0.2) is 11.0 Å². The Morgan fingerprint density at radius 3 is 2.21 bits per heavy atom. The number of ether oxygens (including phenoxy) is 2. The van der Waals surface area contributed by atoms with Gasteiger partial charge in [-0.25, -0.2) is 0 Å². The summed E-state index contributed by atoms with van der Waals surface area (Å²) in [7, 11) is 3.65. The molecule has 0 atom stereocenters. The van der Waals surface area contributed by atoms with E-state index in [0.717, 1.165) is 46.9 Å². The van der Waals surface area contributed by atoms with Gasteiger partial charge in [-0.3, -0.25) is 0 Å². The fraction of sp³-hybridized carbons (Fsp3) is 0.364. The predicted octanol–water partition coefficient (Wildman–Crippen LogP) is 4.51. The molecule has 3 rings (SSSR count). The number of thioether (sulfide) groups is 1. The topological polar surface area (TPSA) is 52.4 Å². The molecular formula is C22H28N4O2S. The van der Waals surface area contributed by atoms with E-state index in [9.17, 15) is 0 Å². The summed E-state index contributed by atoms with van der Waals surface area (Å²) in [5.74, 6) is 3.32. The van der Waals surface area contributed by atoms with Crippen molar-refractivity contribution >= 4 is 17.4 Å². The van der Waals surface area contributed by atoms with Crippen LogP contribution in [0.3, 0.4) is 0 Å². The number of hydrogen-bond acceptors (Lipinski definition) is 6. The van der Waals surface area contributed by atoms with Crippen molar-refractivity contribution in [2.24, 2.45) is 7.05 Å². The first-order valence-electron chi connectivity index (χ1n) is 9.80. The Morgan fingerprint density at radius 1 is 0.931 bits per heavy atom. The Bertz CT molecular complexity index is 890. The van der Waals surface area contributed by atoms with Gasteiger partial charge in [-0.05, 0) is 62.4 Å². The lowest BCUT2D eigenvalue weighted by molar-refractivity contribution is 0.342. The van der Waals surface area contributed by atoms with Crippen LogP contribution >= 0.6 is 11.8 Å². The van der Waals surface area contributed by atoms with Gasteiger partial charge in [0.2, 0.25) is 0 Å². The summed E-state index contributed by atoms with van der Waals surface area (Å²) in [6.07, 6.45) is 0. The minimum absolute atomic E-state index is 0.595. The summed E-state index contributed by atoms with van der Waals surface area (Å²) in [5, 5.41) is 9.60. The van der Waals surface area contributed by atoms with E-state index in [1.54, 1.807) is 18.9 Å². The molecule has 1 aromatic heterocycles. The average molecular weight is 413 g/mol. The third-order valence-electron chi connectivity index (χ3n) is 4.73. The van der Waals surface area contributed by atoms with Gasteiger partial charge in [-0.2, -0.15) is 0 Å². The summed E-state index contributed by atoms with van der Waals surface area (Å²) in [6, 6.07) is 16.1. The van der Waals surface area contributed by atoms with E-state index in [1.165, 1.54) is 5.69 Å². The molecule has 0 radical (unpaired) electrons. The van der Waals surface area contributed by atoms with Crippen LogP contribution in [0.1, 0.15) is 13.8 Å². The normalized spacial score (nSPS) is 10.8. The minimum Gasteiger partial charge on any atom is -0.497 e. The molecule has 6 nitrogen and oxygen atoms in total. The number of hydrogen-bond donors (Lipinski definition) is 0. The van der Waals surface area contributed by atoms with Crippen molar-refractivity contribution in [1.29, 1.82) is 0 Å². The number of methoxy groups -OCH3 is 1. The van der Waals surface area contributed by atoms with Crippen LogP contribution in [0.4, 0.5) is 5.69 Å². The minimum atomic E-state index is 0.595. The zero-order valence-electron chi connectivity index (χ0n) is 17.5. The molecule has 29 heavy (non-hydrogen) atoms. The molecule has 0 unspecified atom stereocenters. The second-order valence-corrected chi connectivity index (χ2v) is 7.52. The number of anilines is 1. The molecule has 2 aromatic carbocycles. The highest BCUT2D eigenvalue weighted by atomic mass is 32.2. The van der Waals surface area contributed by atoms with Gasteiger partial charge in [-0.15, -0.1) is 10.2 Å².